The Labute approximate surface area is 171 Å². The molecule has 6 heteroatoms. The Hall–Kier alpha value is -3.64. The normalized spacial score (nSPS) is 14.7. The molecule has 5 aromatic rings. The number of rotatable bonds is 2. The van der Waals surface area contributed by atoms with Crippen molar-refractivity contribution in [3.8, 4) is 11.1 Å². The van der Waals surface area contributed by atoms with Crippen molar-refractivity contribution in [2.75, 3.05) is 31.2 Å². The second-order valence-electron chi connectivity index (χ2n) is 7.39. The monoisotopic (exact) mass is 398 g/mol. The molecule has 6 nitrogen and oxygen atoms in total. The van der Waals surface area contributed by atoms with Crippen LogP contribution in [0.5, 0.6) is 0 Å². The number of furan rings is 1. The van der Waals surface area contributed by atoms with Crippen LogP contribution in [0.25, 0.3) is 44.0 Å². The van der Waals surface area contributed by atoms with E-state index >= 15 is 0 Å². The second-order valence-corrected chi connectivity index (χ2v) is 7.39. The summed E-state index contributed by atoms with van der Waals surface area (Å²) in [6, 6.07) is 20.0. The predicted octanol–water partition coefficient (Wildman–Crippen LogP) is 4.59. The summed E-state index contributed by atoms with van der Waals surface area (Å²) >= 11 is 0. The van der Waals surface area contributed by atoms with E-state index in [0.717, 1.165) is 33.1 Å². The third-order valence-corrected chi connectivity index (χ3v) is 5.61. The topological polar surface area (TPSA) is 68.7 Å². The minimum atomic E-state index is -0.295. The summed E-state index contributed by atoms with van der Waals surface area (Å²) in [5.74, 6) is 0. The van der Waals surface area contributed by atoms with Crippen LogP contribution in [-0.4, -0.2) is 31.3 Å². The van der Waals surface area contributed by atoms with Crippen LogP contribution in [0.4, 0.5) is 6.01 Å². The van der Waals surface area contributed by atoms with E-state index in [1.165, 1.54) is 0 Å². The van der Waals surface area contributed by atoms with Gasteiger partial charge in [0.05, 0.1) is 18.6 Å². The molecule has 1 saturated heterocycles. The fourth-order valence-electron chi connectivity index (χ4n) is 4.09. The Bertz CT molecular complexity index is 1460. The minimum Gasteiger partial charge on any atom is -0.455 e. The molecular weight excluding hydrogens is 380 g/mol. The summed E-state index contributed by atoms with van der Waals surface area (Å²) < 4.78 is 17.4. The number of hydrogen-bond donors (Lipinski definition) is 0. The van der Waals surface area contributed by atoms with E-state index in [-0.39, 0.29) is 5.56 Å². The molecule has 6 rings (SSSR count). The fourth-order valence-corrected chi connectivity index (χ4v) is 4.09. The molecule has 0 unspecified atom stereocenters. The molecule has 30 heavy (non-hydrogen) atoms. The van der Waals surface area contributed by atoms with Crippen molar-refractivity contribution in [2.45, 2.75) is 0 Å². The molecule has 3 heterocycles. The van der Waals surface area contributed by atoms with Crippen LogP contribution in [0.1, 0.15) is 0 Å². The van der Waals surface area contributed by atoms with Gasteiger partial charge in [-0.3, -0.25) is 4.79 Å². The maximum atomic E-state index is 12.8. The van der Waals surface area contributed by atoms with Gasteiger partial charge in [0.1, 0.15) is 16.7 Å². The zero-order chi connectivity index (χ0) is 20.1. The van der Waals surface area contributed by atoms with Crippen LogP contribution in [0.2, 0.25) is 0 Å². The molecule has 0 spiro atoms. The number of ether oxygens (including phenoxy) is 1. The molecule has 0 atom stereocenters. The molecule has 3 aromatic carbocycles. The number of benzene rings is 3. The molecule has 0 N–H and O–H groups in total. The van der Waals surface area contributed by atoms with Gasteiger partial charge in [0, 0.05) is 29.4 Å². The molecule has 2 aromatic heterocycles. The number of aromatic nitrogens is 1. The first-order valence-corrected chi connectivity index (χ1v) is 9.96. The molecule has 0 aliphatic carbocycles. The van der Waals surface area contributed by atoms with Gasteiger partial charge in [-0.15, -0.1) is 0 Å². The Kier molecular flexibility index (Phi) is 3.86. The predicted molar refractivity (Wildman–Crippen MR) is 116 cm³/mol. The van der Waals surface area contributed by atoms with Crippen molar-refractivity contribution < 1.29 is 13.6 Å². The van der Waals surface area contributed by atoms with Gasteiger partial charge in [-0.25, -0.2) is 0 Å². The van der Waals surface area contributed by atoms with Gasteiger partial charge >= 0.3 is 6.01 Å². The highest BCUT2D eigenvalue weighted by Gasteiger charge is 2.18. The van der Waals surface area contributed by atoms with Crippen molar-refractivity contribution in [1.82, 2.24) is 4.98 Å². The zero-order valence-electron chi connectivity index (χ0n) is 16.1. The van der Waals surface area contributed by atoms with E-state index in [2.05, 4.69) is 17.1 Å². The number of hydrogen-bond acceptors (Lipinski definition) is 6. The van der Waals surface area contributed by atoms with Crippen molar-refractivity contribution in [3.05, 3.63) is 71.0 Å². The Morgan fingerprint density at radius 3 is 2.50 bits per heavy atom. The molecular formula is C24H18N2O4. The lowest BCUT2D eigenvalue weighted by molar-refractivity contribution is 0.120. The lowest BCUT2D eigenvalue weighted by Crippen LogP contribution is -2.37. The number of anilines is 1. The van der Waals surface area contributed by atoms with E-state index in [1.54, 1.807) is 0 Å². The van der Waals surface area contributed by atoms with E-state index in [9.17, 15) is 4.79 Å². The third kappa shape index (κ3) is 2.69. The van der Waals surface area contributed by atoms with Crippen LogP contribution in [0.15, 0.2) is 74.3 Å². The molecule has 1 aliphatic heterocycles. The highest BCUT2D eigenvalue weighted by Crippen LogP contribution is 2.36. The second kappa shape index (κ2) is 6.71. The lowest BCUT2D eigenvalue weighted by Gasteiger charge is -2.25. The van der Waals surface area contributed by atoms with Crippen LogP contribution < -0.4 is 10.5 Å². The van der Waals surface area contributed by atoms with Crippen LogP contribution >= 0.6 is 0 Å². The van der Waals surface area contributed by atoms with Crippen molar-refractivity contribution in [3.63, 3.8) is 0 Å². The molecule has 0 bridgehead atoms. The number of morpholine rings is 1. The Morgan fingerprint density at radius 1 is 0.800 bits per heavy atom. The SMILES string of the molecule is O=c1nc(N2CCOCC2)oc2ccc(-c3cccc4c3oc3ccccc34)cc12. The average molecular weight is 398 g/mol. The van der Waals surface area contributed by atoms with Gasteiger partial charge < -0.3 is 18.5 Å². The minimum absolute atomic E-state index is 0.295. The number of nitrogens with zero attached hydrogens (tertiary/aromatic N) is 2. The Balaban J connectivity index is 1.50. The molecule has 0 amide bonds. The highest BCUT2D eigenvalue weighted by atomic mass is 16.5. The van der Waals surface area contributed by atoms with Crippen molar-refractivity contribution in [1.29, 1.82) is 0 Å². The van der Waals surface area contributed by atoms with Gasteiger partial charge in [-0.2, -0.15) is 4.98 Å². The smallest absolute Gasteiger partial charge is 0.301 e. The van der Waals surface area contributed by atoms with Gasteiger partial charge in [-0.05, 0) is 23.8 Å². The van der Waals surface area contributed by atoms with Gasteiger partial charge in [-0.1, -0.05) is 42.5 Å². The number of fused-ring (bicyclic) bond motifs is 4. The van der Waals surface area contributed by atoms with E-state index in [1.807, 2.05) is 53.4 Å². The summed E-state index contributed by atoms with van der Waals surface area (Å²) in [6.45, 7) is 2.52. The maximum absolute atomic E-state index is 12.8. The largest absolute Gasteiger partial charge is 0.455 e. The summed E-state index contributed by atoms with van der Waals surface area (Å²) in [7, 11) is 0. The van der Waals surface area contributed by atoms with Gasteiger partial charge in [0.25, 0.3) is 5.56 Å². The summed E-state index contributed by atoms with van der Waals surface area (Å²) in [5, 5.41) is 2.58. The molecule has 0 radical (unpaired) electrons. The molecule has 0 saturated carbocycles. The first-order chi connectivity index (χ1) is 14.8. The van der Waals surface area contributed by atoms with E-state index in [4.69, 9.17) is 13.6 Å². The number of para-hydroxylation sites is 2. The quantitative estimate of drug-likeness (QED) is 0.433. The maximum Gasteiger partial charge on any atom is 0.301 e. The summed E-state index contributed by atoms with van der Waals surface area (Å²) in [4.78, 5) is 18.9. The van der Waals surface area contributed by atoms with E-state index < -0.39 is 0 Å². The van der Waals surface area contributed by atoms with Gasteiger partial charge in [0.2, 0.25) is 0 Å². The molecule has 148 valence electrons. The van der Waals surface area contributed by atoms with Crippen LogP contribution in [-0.2, 0) is 4.74 Å². The molecule has 1 fully saturated rings. The average Bonchev–Trinajstić information content (AvgIpc) is 3.18. The van der Waals surface area contributed by atoms with Crippen molar-refractivity contribution in [2.24, 2.45) is 0 Å². The van der Waals surface area contributed by atoms with E-state index in [0.29, 0.717) is 43.3 Å². The fraction of sp³-hybridized carbons (Fsp3) is 0.167. The lowest BCUT2D eigenvalue weighted by atomic mass is 10.0. The van der Waals surface area contributed by atoms with Crippen LogP contribution in [0, 0.1) is 0 Å². The standard InChI is InChI=1S/C24H18N2O4/c27-23-19-14-15(8-9-21(19)30-24(25-23)26-10-12-28-13-11-26)16-5-3-6-18-17-4-1-2-7-20(17)29-22(16)18/h1-9,14H,10-13H2. The zero-order valence-corrected chi connectivity index (χ0v) is 16.1. The van der Waals surface area contributed by atoms with Crippen LogP contribution in [0.3, 0.4) is 0 Å². The third-order valence-electron chi connectivity index (χ3n) is 5.61. The van der Waals surface area contributed by atoms with Gasteiger partial charge in [0.15, 0.2) is 0 Å². The van der Waals surface area contributed by atoms with Crippen molar-refractivity contribution >= 4 is 38.9 Å². The highest BCUT2D eigenvalue weighted by molar-refractivity contribution is 6.09. The molecule has 1 aliphatic rings. The first kappa shape index (κ1) is 17.2. The summed E-state index contributed by atoms with van der Waals surface area (Å²) in [6.07, 6.45) is 0. The first-order valence-electron chi connectivity index (χ1n) is 9.96. The Morgan fingerprint density at radius 2 is 1.60 bits per heavy atom. The summed E-state index contributed by atoms with van der Waals surface area (Å²) in [5.41, 5.74) is 3.70.